The van der Waals surface area contributed by atoms with E-state index in [9.17, 15) is 9.90 Å². The number of hydrogen-bond donors (Lipinski definition) is 1. The molecule has 1 aliphatic rings. The van der Waals surface area contributed by atoms with Gasteiger partial charge in [-0.1, -0.05) is 0 Å². The van der Waals surface area contributed by atoms with Gasteiger partial charge in [0, 0.05) is 24.9 Å². The minimum atomic E-state index is -0.711. The Morgan fingerprint density at radius 2 is 2.31 bits per heavy atom. The van der Waals surface area contributed by atoms with Gasteiger partial charge in [0.1, 0.15) is 0 Å². The second-order valence-electron chi connectivity index (χ2n) is 4.47. The number of hydrogen-bond acceptors (Lipinski definition) is 3. The molecule has 0 unspecified atom stereocenters. The highest BCUT2D eigenvalue weighted by molar-refractivity contribution is 5.92. The van der Waals surface area contributed by atoms with Crippen LogP contribution in [0.25, 0.3) is 6.08 Å². The maximum absolute atomic E-state index is 11.6. The molecule has 0 atom stereocenters. The van der Waals surface area contributed by atoms with E-state index in [-0.39, 0.29) is 5.91 Å². The summed E-state index contributed by atoms with van der Waals surface area (Å²) in [6.07, 6.45) is 6.75. The molecule has 0 aromatic carbocycles. The molecule has 1 saturated heterocycles. The number of aryl methyl sites for hydroxylation is 1. The molecule has 5 nitrogen and oxygen atoms in total. The number of aliphatic hydroxyl groups is 1. The minimum Gasteiger partial charge on any atom is -0.386 e. The van der Waals surface area contributed by atoms with Gasteiger partial charge >= 0.3 is 0 Å². The number of β-amino-alcohol motifs (C(OH)–C–C–N with tert-alkyl or cyclic N) is 1. The van der Waals surface area contributed by atoms with Gasteiger partial charge in [-0.3, -0.25) is 9.48 Å². The molecular weight excluding hydrogens is 206 g/mol. The van der Waals surface area contributed by atoms with Crippen molar-refractivity contribution < 1.29 is 9.90 Å². The normalized spacial score (nSPS) is 18.8. The number of nitrogens with zero attached hydrogens (tertiary/aromatic N) is 3. The summed E-state index contributed by atoms with van der Waals surface area (Å²) in [6.45, 7) is 2.54. The smallest absolute Gasteiger partial charge is 0.246 e. The first kappa shape index (κ1) is 10.9. The van der Waals surface area contributed by atoms with E-state index in [1.807, 2.05) is 13.2 Å². The molecule has 0 aliphatic carbocycles. The second-order valence-corrected chi connectivity index (χ2v) is 4.47. The van der Waals surface area contributed by atoms with Crippen LogP contribution >= 0.6 is 0 Å². The Hall–Kier alpha value is -1.62. The molecule has 1 aromatic rings. The Labute approximate surface area is 94.0 Å². The summed E-state index contributed by atoms with van der Waals surface area (Å²) in [4.78, 5) is 13.2. The number of amides is 1. The summed E-state index contributed by atoms with van der Waals surface area (Å²) < 4.78 is 1.68. The fraction of sp³-hybridized carbons (Fsp3) is 0.455. The molecule has 86 valence electrons. The van der Waals surface area contributed by atoms with Crippen LogP contribution in [0.5, 0.6) is 0 Å². The Morgan fingerprint density at radius 1 is 1.62 bits per heavy atom. The van der Waals surface area contributed by atoms with Crippen LogP contribution in [0.15, 0.2) is 18.5 Å². The zero-order valence-electron chi connectivity index (χ0n) is 9.42. The highest BCUT2D eigenvalue weighted by atomic mass is 16.3. The SMILES string of the molecule is Cn1cc(C=CC(=O)N2CC(C)(O)C2)cn1. The highest BCUT2D eigenvalue weighted by Crippen LogP contribution is 2.19. The van der Waals surface area contributed by atoms with Crippen molar-refractivity contribution in [1.29, 1.82) is 0 Å². The van der Waals surface area contributed by atoms with Crippen LogP contribution in [0, 0.1) is 0 Å². The maximum atomic E-state index is 11.6. The number of carbonyl (C=O) groups is 1. The van der Waals surface area contributed by atoms with E-state index >= 15 is 0 Å². The Bertz CT molecular complexity index is 426. The average Bonchev–Trinajstić information content (AvgIpc) is 2.57. The summed E-state index contributed by atoms with van der Waals surface area (Å²) in [7, 11) is 1.83. The standard InChI is InChI=1S/C11H15N3O2/c1-11(16)7-14(8-11)10(15)4-3-9-5-12-13(2)6-9/h3-6,16H,7-8H2,1-2H3. The van der Waals surface area contributed by atoms with Crippen molar-refractivity contribution in [3.05, 3.63) is 24.0 Å². The van der Waals surface area contributed by atoms with Crippen LogP contribution in [0.3, 0.4) is 0 Å². The fourth-order valence-electron chi connectivity index (χ4n) is 1.73. The van der Waals surface area contributed by atoms with E-state index in [4.69, 9.17) is 0 Å². The number of rotatable bonds is 2. The summed E-state index contributed by atoms with van der Waals surface area (Å²) in [5, 5.41) is 13.5. The Kier molecular flexibility index (Phi) is 2.55. The van der Waals surface area contributed by atoms with Crippen molar-refractivity contribution in [2.24, 2.45) is 7.05 Å². The number of aromatic nitrogens is 2. The van der Waals surface area contributed by atoms with E-state index in [2.05, 4.69) is 5.10 Å². The Morgan fingerprint density at radius 3 is 2.81 bits per heavy atom. The molecule has 2 heterocycles. The van der Waals surface area contributed by atoms with Gasteiger partial charge in [0.15, 0.2) is 0 Å². The van der Waals surface area contributed by atoms with Crippen molar-refractivity contribution in [2.75, 3.05) is 13.1 Å². The lowest BCUT2D eigenvalue weighted by Crippen LogP contribution is -2.61. The van der Waals surface area contributed by atoms with E-state index < -0.39 is 5.60 Å². The topological polar surface area (TPSA) is 58.4 Å². The lowest BCUT2D eigenvalue weighted by Gasteiger charge is -2.43. The molecule has 1 aromatic heterocycles. The maximum Gasteiger partial charge on any atom is 0.246 e. The molecule has 1 fully saturated rings. The van der Waals surface area contributed by atoms with Gasteiger partial charge < -0.3 is 10.0 Å². The van der Waals surface area contributed by atoms with Gasteiger partial charge in [0.2, 0.25) is 5.91 Å². The van der Waals surface area contributed by atoms with Crippen molar-refractivity contribution >= 4 is 12.0 Å². The highest BCUT2D eigenvalue weighted by Gasteiger charge is 2.38. The summed E-state index contributed by atoms with van der Waals surface area (Å²) in [5.74, 6) is -0.0737. The first-order chi connectivity index (χ1) is 7.46. The molecule has 0 saturated carbocycles. The van der Waals surface area contributed by atoms with E-state index in [0.717, 1.165) is 5.56 Å². The third-order valence-corrected chi connectivity index (χ3v) is 2.52. The van der Waals surface area contributed by atoms with Gasteiger partial charge in [0.25, 0.3) is 0 Å². The molecule has 5 heteroatoms. The van der Waals surface area contributed by atoms with Crippen LogP contribution in [0.1, 0.15) is 12.5 Å². The zero-order valence-corrected chi connectivity index (χ0v) is 9.42. The molecular formula is C11H15N3O2. The molecule has 0 bridgehead atoms. The molecule has 0 radical (unpaired) electrons. The van der Waals surface area contributed by atoms with Gasteiger partial charge in [-0.2, -0.15) is 5.10 Å². The van der Waals surface area contributed by atoms with Crippen molar-refractivity contribution in [3.63, 3.8) is 0 Å². The molecule has 0 spiro atoms. The van der Waals surface area contributed by atoms with E-state index in [0.29, 0.717) is 13.1 Å². The van der Waals surface area contributed by atoms with Crippen LogP contribution in [0.4, 0.5) is 0 Å². The van der Waals surface area contributed by atoms with Crippen LogP contribution in [-0.4, -0.2) is 44.4 Å². The van der Waals surface area contributed by atoms with Gasteiger partial charge in [-0.05, 0) is 13.0 Å². The predicted octanol–water partition coefficient (Wildman–Crippen LogP) is 0.0265. The lowest BCUT2D eigenvalue weighted by atomic mass is 9.97. The summed E-state index contributed by atoms with van der Waals surface area (Å²) >= 11 is 0. The second kappa shape index (κ2) is 3.75. The monoisotopic (exact) mass is 221 g/mol. The van der Waals surface area contributed by atoms with Crippen molar-refractivity contribution in [1.82, 2.24) is 14.7 Å². The zero-order chi connectivity index (χ0) is 11.8. The Balaban J connectivity index is 1.91. The van der Waals surface area contributed by atoms with E-state index in [1.165, 1.54) is 6.08 Å². The third-order valence-electron chi connectivity index (χ3n) is 2.52. The third kappa shape index (κ3) is 2.30. The minimum absolute atomic E-state index is 0.0737. The lowest BCUT2D eigenvalue weighted by molar-refractivity contribution is -0.146. The summed E-state index contributed by atoms with van der Waals surface area (Å²) in [5.41, 5.74) is 0.181. The van der Waals surface area contributed by atoms with Gasteiger partial charge in [-0.15, -0.1) is 0 Å². The average molecular weight is 221 g/mol. The fourth-order valence-corrected chi connectivity index (χ4v) is 1.73. The predicted molar refractivity (Wildman–Crippen MR) is 59.4 cm³/mol. The largest absolute Gasteiger partial charge is 0.386 e. The molecule has 1 aliphatic heterocycles. The van der Waals surface area contributed by atoms with Crippen LogP contribution in [0.2, 0.25) is 0 Å². The molecule has 1 amide bonds. The first-order valence-electron chi connectivity index (χ1n) is 5.14. The van der Waals surface area contributed by atoms with Gasteiger partial charge in [-0.25, -0.2) is 0 Å². The van der Waals surface area contributed by atoms with Crippen molar-refractivity contribution in [3.8, 4) is 0 Å². The van der Waals surface area contributed by atoms with E-state index in [1.54, 1.807) is 28.8 Å². The molecule has 2 rings (SSSR count). The number of carbonyl (C=O) groups excluding carboxylic acids is 1. The van der Waals surface area contributed by atoms with Crippen LogP contribution in [-0.2, 0) is 11.8 Å². The van der Waals surface area contributed by atoms with Gasteiger partial charge in [0.05, 0.1) is 24.9 Å². The summed E-state index contributed by atoms with van der Waals surface area (Å²) in [6, 6.07) is 0. The number of likely N-dealkylation sites (tertiary alicyclic amines) is 1. The molecule has 16 heavy (non-hydrogen) atoms. The van der Waals surface area contributed by atoms with Crippen molar-refractivity contribution in [2.45, 2.75) is 12.5 Å². The molecule has 1 N–H and O–H groups in total. The van der Waals surface area contributed by atoms with Crippen LogP contribution < -0.4 is 0 Å². The first-order valence-corrected chi connectivity index (χ1v) is 5.14. The quantitative estimate of drug-likeness (QED) is 0.717.